The highest BCUT2D eigenvalue weighted by Gasteiger charge is 2.41. The number of carbonyl (C=O) groups excluding carboxylic acids is 1. The lowest BCUT2D eigenvalue weighted by Crippen LogP contribution is -2.53. The first-order valence-corrected chi connectivity index (χ1v) is 12.6. The van der Waals surface area contributed by atoms with Crippen LogP contribution in [0, 0.1) is 6.92 Å². The minimum absolute atomic E-state index is 0.0310. The highest BCUT2D eigenvalue weighted by Crippen LogP contribution is 2.35. The van der Waals surface area contributed by atoms with Gasteiger partial charge in [0.05, 0.1) is 18.6 Å². The van der Waals surface area contributed by atoms with Crippen molar-refractivity contribution in [2.45, 2.75) is 37.2 Å². The number of nitrogens with zero attached hydrogens (tertiary/aromatic N) is 3. The molecule has 2 aliphatic rings. The highest BCUT2D eigenvalue weighted by atomic mass is 32.2. The lowest BCUT2D eigenvalue weighted by molar-refractivity contribution is -0.139. The summed E-state index contributed by atoms with van der Waals surface area (Å²) in [7, 11) is -2.20. The minimum Gasteiger partial charge on any atom is -0.497 e. The molecule has 2 fully saturated rings. The largest absolute Gasteiger partial charge is 0.497 e. The molecular formula is C24H31N3O4S. The molecule has 1 atom stereocenters. The zero-order valence-corrected chi connectivity index (χ0v) is 19.6. The summed E-state index contributed by atoms with van der Waals surface area (Å²) in [5.41, 5.74) is 1.76. The Morgan fingerprint density at radius 1 is 0.938 bits per heavy atom. The van der Waals surface area contributed by atoms with E-state index in [2.05, 4.69) is 4.90 Å². The van der Waals surface area contributed by atoms with Crippen molar-refractivity contribution in [3.8, 4) is 5.75 Å². The second-order valence-electron chi connectivity index (χ2n) is 8.50. The normalized spacial score (nSPS) is 20.4. The molecule has 2 heterocycles. The van der Waals surface area contributed by atoms with Gasteiger partial charge in [-0.3, -0.25) is 9.69 Å². The number of benzene rings is 2. The molecule has 7 nitrogen and oxygen atoms in total. The van der Waals surface area contributed by atoms with Gasteiger partial charge in [0, 0.05) is 13.1 Å². The van der Waals surface area contributed by atoms with Gasteiger partial charge in [-0.2, -0.15) is 4.31 Å². The smallest absolute Gasteiger partial charge is 0.245 e. The Morgan fingerprint density at radius 3 is 2.22 bits per heavy atom. The summed E-state index contributed by atoms with van der Waals surface area (Å²) in [5.74, 6) is 0.656. The molecule has 0 aromatic heterocycles. The van der Waals surface area contributed by atoms with Crippen LogP contribution in [0.5, 0.6) is 5.75 Å². The van der Waals surface area contributed by atoms with Gasteiger partial charge in [-0.05, 0) is 69.1 Å². The average Bonchev–Trinajstić information content (AvgIpc) is 3.32. The van der Waals surface area contributed by atoms with Crippen molar-refractivity contribution in [1.82, 2.24) is 14.1 Å². The first-order valence-electron chi connectivity index (χ1n) is 11.1. The number of ether oxygens (including phenoxy) is 1. The molecular weight excluding hydrogens is 426 g/mol. The van der Waals surface area contributed by atoms with Gasteiger partial charge in [-0.25, -0.2) is 8.42 Å². The SMILES string of the molecule is COc1ccc([C@@H]2N(C(=O)CN3CCCC3)CCCN2S(=O)(=O)c2ccc(C)cc2)cc1. The molecule has 0 radical (unpaired) electrons. The number of hydrogen-bond acceptors (Lipinski definition) is 5. The predicted molar refractivity (Wildman–Crippen MR) is 123 cm³/mol. The van der Waals surface area contributed by atoms with Crippen molar-refractivity contribution in [1.29, 1.82) is 0 Å². The van der Waals surface area contributed by atoms with E-state index in [1.54, 1.807) is 36.3 Å². The molecule has 4 rings (SSSR count). The quantitative estimate of drug-likeness (QED) is 0.667. The van der Waals surface area contributed by atoms with Crippen LogP contribution < -0.4 is 4.74 Å². The Morgan fingerprint density at radius 2 is 1.59 bits per heavy atom. The number of methoxy groups -OCH3 is 1. The number of carbonyl (C=O) groups is 1. The van der Waals surface area contributed by atoms with E-state index in [1.165, 1.54) is 4.31 Å². The van der Waals surface area contributed by atoms with Crippen molar-refractivity contribution < 1.29 is 17.9 Å². The molecule has 172 valence electrons. The van der Waals surface area contributed by atoms with E-state index in [0.717, 1.165) is 37.1 Å². The van der Waals surface area contributed by atoms with Gasteiger partial charge in [0.1, 0.15) is 11.9 Å². The highest BCUT2D eigenvalue weighted by molar-refractivity contribution is 7.89. The molecule has 2 aromatic rings. The second kappa shape index (κ2) is 9.60. The first-order chi connectivity index (χ1) is 15.4. The number of likely N-dealkylation sites (tertiary alicyclic amines) is 1. The summed E-state index contributed by atoms with van der Waals surface area (Å²) in [4.78, 5) is 17.5. The molecule has 0 N–H and O–H groups in total. The van der Waals surface area contributed by atoms with Gasteiger partial charge < -0.3 is 9.64 Å². The number of aryl methyl sites for hydroxylation is 1. The second-order valence-corrected chi connectivity index (χ2v) is 10.4. The minimum atomic E-state index is -3.79. The third-order valence-electron chi connectivity index (χ3n) is 6.26. The molecule has 0 bridgehead atoms. The third-order valence-corrected chi connectivity index (χ3v) is 8.13. The topological polar surface area (TPSA) is 70.2 Å². The fraction of sp³-hybridized carbons (Fsp3) is 0.458. The van der Waals surface area contributed by atoms with E-state index >= 15 is 0 Å². The standard InChI is InChI=1S/C24H31N3O4S/c1-19-6-12-22(13-7-19)32(29,30)27-17-5-16-26(23(28)18-25-14-3-4-15-25)24(27)20-8-10-21(31-2)11-9-20/h6-13,24H,3-5,14-18H2,1-2H3/t24-/m1/s1. The summed E-state index contributed by atoms with van der Waals surface area (Å²) in [5, 5.41) is 0. The summed E-state index contributed by atoms with van der Waals surface area (Å²) in [6.45, 7) is 4.97. The maximum atomic E-state index is 13.7. The number of rotatable bonds is 6. The number of sulfonamides is 1. The van der Waals surface area contributed by atoms with Crippen LogP contribution in [0.1, 0.15) is 36.6 Å². The van der Waals surface area contributed by atoms with Crippen molar-refractivity contribution in [2.75, 3.05) is 39.8 Å². The van der Waals surface area contributed by atoms with Crippen LogP contribution in [-0.4, -0.2) is 68.3 Å². The van der Waals surface area contributed by atoms with Crippen molar-refractivity contribution >= 4 is 15.9 Å². The Balaban J connectivity index is 1.71. The van der Waals surface area contributed by atoms with Gasteiger partial charge >= 0.3 is 0 Å². The molecule has 0 spiro atoms. The fourth-order valence-electron chi connectivity index (χ4n) is 4.50. The maximum Gasteiger partial charge on any atom is 0.245 e. The lowest BCUT2D eigenvalue weighted by atomic mass is 10.1. The Labute approximate surface area is 190 Å². The Kier molecular flexibility index (Phi) is 6.83. The monoisotopic (exact) mass is 457 g/mol. The van der Waals surface area contributed by atoms with Gasteiger partial charge in [0.25, 0.3) is 0 Å². The summed E-state index contributed by atoms with van der Waals surface area (Å²) >= 11 is 0. The van der Waals surface area contributed by atoms with Crippen LogP contribution in [0.2, 0.25) is 0 Å². The van der Waals surface area contributed by atoms with Gasteiger partial charge in [0.15, 0.2) is 0 Å². The number of amides is 1. The Hall–Kier alpha value is -2.42. The molecule has 0 saturated carbocycles. The summed E-state index contributed by atoms with van der Waals surface area (Å²) in [6, 6.07) is 14.2. The molecule has 0 unspecified atom stereocenters. The van der Waals surface area contributed by atoms with E-state index in [9.17, 15) is 13.2 Å². The van der Waals surface area contributed by atoms with Crippen LogP contribution in [0.4, 0.5) is 0 Å². The molecule has 32 heavy (non-hydrogen) atoms. The van der Waals surface area contributed by atoms with Crippen LogP contribution in [0.15, 0.2) is 53.4 Å². The first kappa shape index (κ1) is 22.8. The molecule has 2 aliphatic heterocycles. The summed E-state index contributed by atoms with van der Waals surface area (Å²) < 4.78 is 34.1. The van der Waals surface area contributed by atoms with Gasteiger partial charge in [-0.15, -0.1) is 0 Å². The van der Waals surface area contributed by atoms with Gasteiger partial charge in [-0.1, -0.05) is 29.8 Å². The van der Waals surface area contributed by atoms with Gasteiger partial charge in [0.2, 0.25) is 15.9 Å². The van der Waals surface area contributed by atoms with E-state index in [4.69, 9.17) is 4.74 Å². The molecule has 0 aliphatic carbocycles. The average molecular weight is 458 g/mol. The summed E-state index contributed by atoms with van der Waals surface area (Å²) in [6.07, 6.45) is 2.12. The van der Waals surface area contributed by atoms with E-state index in [0.29, 0.717) is 31.8 Å². The third kappa shape index (κ3) is 4.67. The maximum absolute atomic E-state index is 13.7. The number of hydrogen-bond donors (Lipinski definition) is 0. The van der Waals surface area contributed by atoms with Crippen LogP contribution in [0.3, 0.4) is 0 Å². The molecule has 8 heteroatoms. The van der Waals surface area contributed by atoms with Crippen LogP contribution in [-0.2, 0) is 14.8 Å². The van der Waals surface area contributed by atoms with Crippen LogP contribution in [0.25, 0.3) is 0 Å². The van der Waals surface area contributed by atoms with Crippen molar-refractivity contribution in [3.05, 3.63) is 59.7 Å². The fourth-order valence-corrected chi connectivity index (χ4v) is 6.12. The zero-order chi connectivity index (χ0) is 22.7. The van der Waals surface area contributed by atoms with E-state index in [1.807, 2.05) is 31.2 Å². The zero-order valence-electron chi connectivity index (χ0n) is 18.7. The molecule has 2 aromatic carbocycles. The molecule has 2 saturated heterocycles. The Bertz CT molecular complexity index is 1030. The van der Waals surface area contributed by atoms with Crippen molar-refractivity contribution in [2.24, 2.45) is 0 Å². The predicted octanol–water partition coefficient (Wildman–Crippen LogP) is 3.02. The van der Waals surface area contributed by atoms with Crippen LogP contribution >= 0.6 is 0 Å². The van der Waals surface area contributed by atoms with E-state index in [-0.39, 0.29) is 10.8 Å². The van der Waals surface area contributed by atoms with E-state index < -0.39 is 16.2 Å². The lowest BCUT2D eigenvalue weighted by Gasteiger charge is -2.43. The molecule has 1 amide bonds. The van der Waals surface area contributed by atoms with Crippen molar-refractivity contribution in [3.63, 3.8) is 0 Å².